The topological polar surface area (TPSA) is 70.4 Å². The van der Waals surface area contributed by atoms with Gasteiger partial charge in [0, 0.05) is 18.8 Å². The molecule has 0 fully saturated rings. The molecule has 0 saturated heterocycles. The summed E-state index contributed by atoms with van der Waals surface area (Å²) >= 11 is 0. The molecule has 0 bridgehead atoms. The van der Waals surface area contributed by atoms with Crippen LogP contribution >= 0.6 is 0 Å². The summed E-state index contributed by atoms with van der Waals surface area (Å²) in [6.07, 6.45) is 19.8. The van der Waals surface area contributed by atoms with Gasteiger partial charge in [-0.15, -0.1) is 0 Å². The Labute approximate surface area is 166 Å². The summed E-state index contributed by atoms with van der Waals surface area (Å²) in [7, 11) is 0. The first kappa shape index (κ1) is 25.6. The number of aromatic nitrogens is 1. The molecule has 1 rings (SSSR count). The third-order valence-corrected chi connectivity index (χ3v) is 4.64. The number of aliphatic hydroxyl groups excluding tert-OH is 1. The molecule has 0 saturated carbocycles. The summed E-state index contributed by atoms with van der Waals surface area (Å²) in [6, 6.07) is 5.72. The molecule has 1 atom stereocenters. The molecule has 0 aliphatic heterocycles. The molecule has 0 radical (unpaired) electrons. The molecule has 0 amide bonds. The van der Waals surface area contributed by atoms with Gasteiger partial charge in [0.15, 0.2) is 0 Å². The van der Waals surface area contributed by atoms with Gasteiger partial charge in [-0.3, -0.25) is 9.78 Å². The number of rotatable bonds is 16. The molecule has 4 nitrogen and oxygen atoms in total. The Kier molecular flexibility index (Phi) is 19.8. The fraction of sp³-hybridized carbons (Fsp3) is 0.739. The van der Waals surface area contributed by atoms with Crippen molar-refractivity contribution >= 4 is 5.97 Å². The molecule has 0 aliphatic carbocycles. The van der Waals surface area contributed by atoms with Crippen LogP contribution in [0.5, 0.6) is 0 Å². The molecule has 0 spiro atoms. The van der Waals surface area contributed by atoms with Crippen molar-refractivity contribution in [3.05, 3.63) is 30.6 Å². The Morgan fingerprint density at radius 3 is 1.67 bits per heavy atom. The van der Waals surface area contributed by atoms with Gasteiger partial charge >= 0.3 is 5.97 Å². The van der Waals surface area contributed by atoms with Crippen molar-refractivity contribution in [2.75, 3.05) is 0 Å². The average molecular weight is 380 g/mol. The summed E-state index contributed by atoms with van der Waals surface area (Å²) in [6.45, 7) is 2.21. The molecule has 4 heteroatoms. The van der Waals surface area contributed by atoms with Crippen LogP contribution in [-0.4, -0.2) is 27.3 Å². The molecule has 0 aliphatic rings. The molecule has 2 N–H and O–H groups in total. The Hall–Kier alpha value is -1.42. The number of nitrogens with zero attached hydrogens (tertiary/aromatic N) is 1. The number of carboxylic acids is 1. The van der Waals surface area contributed by atoms with E-state index in [0.29, 0.717) is 6.42 Å². The Balaban J connectivity index is 0.000000941. The maximum atomic E-state index is 10.3. The van der Waals surface area contributed by atoms with E-state index in [1.807, 2.05) is 18.2 Å². The second kappa shape index (κ2) is 20.9. The zero-order valence-corrected chi connectivity index (χ0v) is 17.3. The quantitative estimate of drug-likeness (QED) is 0.327. The van der Waals surface area contributed by atoms with Crippen LogP contribution < -0.4 is 0 Å². The maximum absolute atomic E-state index is 10.3. The minimum Gasteiger partial charge on any atom is -0.481 e. The van der Waals surface area contributed by atoms with E-state index in [0.717, 1.165) is 38.5 Å². The molecule has 1 aromatic rings. The summed E-state index contributed by atoms with van der Waals surface area (Å²) in [4.78, 5) is 14.1. The van der Waals surface area contributed by atoms with E-state index < -0.39 is 5.97 Å². The van der Waals surface area contributed by atoms with Crippen LogP contribution in [0.4, 0.5) is 0 Å². The molecule has 1 unspecified atom stereocenters. The van der Waals surface area contributed by atoms with E-state index >= 15 is 0 Å². The zero-order valence-electron chi connectivity index (χ0n) is 17.3. The highest BCUT2D eigenvalue weighted by molar-refractivity contribution is 5.66. The lowest BCUT2D eigenvalue weighted by atomic mass is 10.0. The molecule has 1 aromatic heterocycles. The SMILES string of the molecule is CCCCCCC(O)CCCCCCCCCCC(=O)O.c1ccncc1. The van der Waals surface area contributed by atoms with E-state index in [9.17, 15) is 9.90 Å². The third kappa shape index (κ3) is 22.5. The minimum atomic E-state index is -0.678. The van der Waals surface area contributed by atoms with Gasteiger partial charge < -0.3 is 10.2 Å². The number of carbonyl (C=O) groups is 1. The van der Waals surface area contributed by atoms with Gasteiger partial charge in [-0.05, 0) is 31.4 Å². The number of aliphatic hydroxyl groups is 1. The van der Waals surface area contributed by atoms with Crippen molar-refractivity contribution < 1.29 is 15.0 Å². The first-order chi connectivity index (χ1) is 13.2. The van der Waals surface area contributed by atoms with Gasteiger partial charge in [-0.1, -0.05) is 83.6 Å². The second-order valence-corrected chi connectivity index (χ2v) is 7.29. The zero-order chi connectivity index (χ0) is 20.0. The third-order valence-electron chi connectivity index (χ3n) is 4.64. The minimum absolute atomic E-state index is 0.0853. The van der Waals surface area contributed by atoms with Crippen LogP contribution in [0.2, 0.25) is 0 Å². The lowest BCUT2D eigenvalue weighted by Gasteiger charge is -2.10. The van der Waals surface area contributed by atoms with Gasteiger partial charge in [0.2, 0.25) is 0 Å². The number of unbranched alkanes of at least 4 members (excludes halogenated alkanes) is 10. The highest BCUT2D eigenvalue weighted by atomic mass is 16.4. The second-order valence-electron chi connectivity index (χ2n) is 7.29. The van der Waals surface area contributed by atoms with E-state index in [1.54, 1.807) is 12.4 Å². The Bertz CT molecular complexity index is 385. The molecule has 27 heavy (non-hydrogen) atoms. The summed E-state index contributed by atoms with van der Waals surface area (Å²) < 4.78 is 0. The van der Waals surface area contributed by atoms with E-state index in [4.69, 9.17) is 5.11 Å². The van der Waals surface area contributed by atoms with Crippen molar-refractivity contribution in [1.29, 1.82) is 0 Å². The smallest absolute Gasteiger partial charge is 0.303 e. The molecule has 156 valence electrons. The van der Waals surface area contributed by atoms with Crippen molar-refractivity contribution in [2.24, 2.45) is 0 Å². The molecule has 0 aromatic carbocycles. The van der Waals surface area contributed by atoms with Crippen LogP contribution in [-0.2, 0) is 4.79 Å². The summed E-state index contributed by atoms with van der Waals surface area (Å²) in [5.74, 6) is -0.678. The summed E-state index contributed by atoms with van der Waals surface area (Å²) in [5.41, 5.74) is 0. The molecule has 1 heterocycles. The normalized spacial score (nSPS) is 11.5. The fourth-order valence-electron chi connectivity index (χ4n) is 2.98. The standard InChI is InChI=1S/C18H36O3.C5H5N/c1-2-3-4-11-14-17(19)15-12-9-7-5-6-8-10-13-16-18(20)21;1-2-4-6-5-3-1/h17,19H,2-16H2,1H3,(H,20,21);1-5H. The lowest BCUT2D eigenvalue weighted by Crippen LogP contribution is -2.05. The largest absolute Gasteiger partial charge is 0.481 e. The van der Waals surface area contributed by atoms with Crippen molar-refractivity contribution in [3.63, 3.8) is 0 Å². The average Bonchev–Trinajstić information content (AvgIpc) is 2.68. The van der Waals surface area contributed by atoms with Crippen LogP contribution in [0.1, 0.15) is 103 Å². The highest BCUT2D eigenvalue weighted by Gasteiger charge is 2.03. The van der Waals surface area contributed by atoms with Gasteiger partial charge in [-0.25, -0.2) is 0 Å². The predicted octanol–water partition coefficient (Wildman–Crippen LogP) is 6.38. The number of carboxylic acid groups (broad SMARTS) is 1. The van der Waals surface area contributed by atoms with Gasteiger partial charge in [0.05, 0.1) is 6.10 Å². The molecular formula is C23H41NO3. The first-order valence-electron chi connectivity index (χ1n) is 10.9. The van der Waals surface area contributed by atoms with Crippen molar-refractivity contribution in [2.45, 2.75) is 109 Å². The monoisotopic (exact) mass is 379 g/mol. The number of hydrogen-bond acceptors (Lipinski definition) is 3. The number of pyridine rings is 1. The van der Waals surface area contributed by atoms with Gasteiger partial charge in [0.25, 0.3) is 0 Å². The van der Waals surface area contributed by atoms with Crippen molar-refractivity contribution in [3.8, 4) is 0 Å². The van der Waals surface area contributed by atoms with Crippen LogP contribution in [0, 0.1) is 0 Å². The Morgan fingerprint density at radius 2 is 1.26 bits per heavy atom. The van der Waals surface area contributed by atoms with Crippen LogP contribution in [0.15, 0.2) is 30.6 Å². The van der Waals surface area contributed by atoms with Crippen LogP contribution in [0.3, 0.4) is 0 Å². The van der Waals surface area contributed by atoms with E-state index in [1.165, 1.54) is 51.4 Å². The van der Waals surface area contributed by atoms with Crippen molar-refractivity contribution in [1.82, 2.24) is 4.98 Å². The fourth-order valence-corrected chi connectivity index (χ4v) is 2.98. The maximum Gasteiger partial charge on any atom is 0.303 e. The lowest BCUT2D eigenvalue weighted by molar-refractivity contribution is -0.137. The number of hydrogen-bond donors (Lipinski definition) is 2. The number of aliphatic carboxylic acids is 1. The van der Waals surface area contributed by atoms with Crippen LogP contribution in [0.25, 0.3) is 0 Å². The van der Waals surface area contributed by atoms with Gasteiger partial charge in [0.1, 0.15) is 0 Å². The highest BCUT2D eigenvalue weighted by Crippen LogP contribution is 2.14. The molecular weight excluding hydrogens is 338 g/mol. The summed E-state index contributed by atoms with van der Waals surface area (Å²) in [5, 5.41) is 18.4. The predicted molar refractivity (Wildman–Crippen MR) is 113 cm³/mol. The Morgan fingerprint density at radius 1 is 0.778 bits per heavy atom. The van der Waals surface area contributed by atoms with E-state index in [-0.39, 0.29) is 6.10 Å². The van der Waals surface area contributed by atoms with E-state index in [2.05, 4.69) is 11.9 Å². The van der Waals surface area contributed by atoms with Gasteiger partial charge in [-0.2, -0.15) is 0 Å². The first-order valence-corrected chi connectivity index (χ1v) is 10.9.